The number of carbonyl (C=O) groups is 2. The first kappa shape index (κ1) is 29.1. The van der Waals surface area contributed by atoms with Gasteiger partial charge in [-0.2, -0.15) is 0 Å². The van der Waals surface area contributed by atoms with Gasteiger partial charge in [0, 0.05) is 40.1 Å². The van der Waals surface area contributed by atoms with E-state index in [-0.39, 0.29) is 30.0 Å². The molecule has 0 saturated carbocycles. The van der Waals surface area contributed by atoms with Gasteiger partial charge < -0.3 is 15.0 Å². The maximum atomic E-state index is 13.7. The van der Waals surface area contributed by atoms with Crippen LogP contribution in [0.1, 0.15) is 25.0 Å². The van der Waals surface area contributed by atoms with Crippen molar-refractivity contribution in [1.29, 1.82) is 0 Å². The van der Waals surface area contributed by atoms with E-state index >= 15 is 0 Å². The van der Waals surface area contributed by atoms with Gasteiger partial charge in [-0.05, 0) is 41.8 Å². The van der Waals surface area contributed by atoms with Gasteiger partial charge in [0.1, 0.15) is 11.8 Å². The highest BCUT2D eigenvalue weighted by atomic mass is 35.5. The molecular formula is C28H28Cl4N2O3. The van der Waals surface area contributed by atoms with Gasteiger partial charge in [0.05, 0.1) is 5.02 Å². The lowest BCUT2D eigenvalue weighted by molar-refractivity contribution is -0.142. The number of carbonyl (C=O) groups excluding carboxylic acids is 2. The summed E-state index contributed by atoms with van der Waals surface area (Å²) in [5, 5.41) is 4.48. The molecule has 0 unspecified atom stereocenters. The first-order chi connectivity index (χ1) is 17.7. The lowest BCUT2D eigenvalue weighted by Gasteiger charge is -2.32. The Morgan fingerprint density at radius 2 is 1.57 bits per heavy atom. The lowest BCUT2D eigenvalue weighted by atomic mass is 10.0. The summed E-state index contributed by atoms with van der Waals surface area (Å²) in [6.07, 6.45) is 0.292. The second-order valence-electron chi connectivity index (χ2n) is 8.93. The molecule has 2 amide bonds. The van der Waals surface area contributed by atoms with E-state index in [1.807, 2.05) is 44.2 Å². The Labute approximate surface area is 237 Å². The van der Waals surface area contributed by atoms with Crippen molar-refractivity contribution in [1.82, 2.24) is 10.2 Å². The number of hydrogen-bond donors (Lipinski definition) is 1. The summed E-state index contributed by atoms with van der Waals surface area (Å²) in [4.78, 5) is 28.6. The minimum Gasteiger partial charge on any atom is -0.482 e. The SMILES string of the molecule is CC(C)CNC(=O)[C@H](Cc1ccccc1)N(Cc1c(Cl)cccc1Cl)C(=O)COc1ccc(Cl)cc1Cl. The number of amides is 2. The van der Waals surface area contributed by atoms with E-state index in [0.717, 1.165) is 5.56 Å². The van der Waals surface area contributed by atoms with Crippen LogP contribution in [0.15, 0.2) is 66.7 Å². The summed E-state index contributed by atoms with van der Waals surface area (Å²) in [6, 6.07) is 18.5. The minimum atomic E-state index is -0.842. The molecule has 3 aromatic rings. The summed E-state index contributed by atoms with van der Waals surface area (Å²) in [5.74, 6) is -0.167. The Morgan fingerprint density at radius 1 is 0.892 bits per heavy atom. The van der Waals surface area contributed by atoms with Crippen LogP contribution in [0, 0.1) is 5.92 Å². The Kier molecular flexibility index (Phi) is 11.0. The molecule has 3 aromatic carbocycles. The summed E-state index contributed by atoms with van der Waals surface area (Å²) in [7, 11) is 0. The predicted molar refractivity (Wildman–Crippen MR) is 151 cm³/mol. The van der Waals surface area contributed by atoms with Crippen LogP contribution in [0.4, 0.5) is 0 Å². The zero-order valence-electron chi connectivity index (χ0n) is 20.5. The molecule has 1 atom stereocenters. The second-order valence-corrected chi connectivity index (χ2v) is 10.6. The van der Waals surface area contributed by atoms with Gasteiger partial charge >= 0.3 is 0 Å². The Balaban J connectivity index is 1.96. The normalized spacial score (nSPS) is 11.8. The fraction of sp³-hybridized carbons (Fsp3) is 0.286. The van der Waals surface area contributed by atoms with Crippen LogP contribution in [-0.4, -0.2) is 35.9 Å². The average molecular weight is 582 g/mol. The fourth-order valence-corrected chi connectivity index (χ4v) is 4.62. The zero-order chi connectivity index (χ0) is 26.9. The van der Waals surface area contributed by atoms with E-state index in [1.165, 1.54) is 11.0 Å². The van der Waals surface area contributed by atoms with Gasteiger partial charge in [-0.3, -0.25) is 9.59 Å². The van der Waals surface area contributed by atoms with Crippen LogP contribution in [0.5, 0.6) is 5.75 Å². The molecule has 1 N–H and O–H groups in total. The molecule has 0 bridgehead atoms. The molecule has 0 heterocycles. The van der Waals surface area contributed by atoms with Crippen molar-refractivity contribution in [2.24, 2.45) is 5.92 Å². The summed E-state index contributed by atoms with van der Waals surface area (Å²) >= 11 is 25.1. The van der Waals surface area contributed by atoms with Crippen LogP contribution in [0.25, 0.3) is 0 Å². The van der Waals surface area contributed by atoms with Crippen LogP contribution in [0.3, 0.4) is 0 Å². The monoisotopic (exact) mass is 580 g/mol. The standard InChI is InChI=1S/C28H28Cl4N2O3/c1-18(2)15-33-28(36)25(13-19-7-4-3-5-8-19)34(16-21-22(30)9-6-10-23(21)31)27(35)17-37-26-12-11-20(29)14-24(26)32/h3-12,14,18,25H,13,15-17H2,1-2H3,(H,33,36)/t25-/m0/s1. The number of nitrogens with one attached hydrogen (secondary N) is 1. The Hall–Kier alpha value is -2.44. The van der Waals surface area contributed by atoms with Crippen LogP contribution in [0.2, 0.25) is 20.1 Å². The van der Waals surface area contributed by atoms with Crippen LogP contribution in [-0.2, 0) is 22.6 Å². The largest absolute Gasteiger partial charge is 0.482 e. The number of ether oxygens (including phenoxy) is 1. The highest BCUT2D eigenvalue weighted by Gasteiger charge is 2.31. The molecular weight excluding hydrogens is 554 g/mol. The zero-order valence-corrected chi connectivity index (χ0v) is 23.5. The lowest BCUT2D eigenvalue weighted by Crippen LogP contribution is -2.52. The number of nitrogens with zero attached hydrogens (tertiary/aromatic N) is 1. The van der Waals surface area contributed by atoms with Gasteiger partial charge in [0.25, 0.3) is 5.91 Å². The summed E-state index contributed by atoms with van der Waals surface area (Å²) in [6.45, 7) is 4.13. The second kappa shape index (κ2) is 13.9. The third-order valence-electron chi connectivity index (χ3n) is 5.59. The molecule has 0 aliphatic rings. The molecule has 0 saturated heterocycles. The summed E-state index contributed by atoms with van der Waals surface area (Å²) < 4.78 is 5.73. The number of benzene rings is 3. The highest BCUT2D eigenvalue weighted by molar-refractivity contribution is 6.36. The van der Waals surface area contributed by atoms with Crippen molar-refractivity contribution >= 4 is 58.2 Å². The van der Waals surface area contributed by atoms with Crippen molar-refractivity contribution < 1.29 is 14.3 Å². The van der Waals surface area contributed by atoms with Crippen molar-refractivity contribution in [2.45, 2.75) is 32.9 Å². The van der Waals surface area contributed by atoms with Gasteiger partial charge in [-0.15, -0.1) is 0 Å². The molecule has 3 rings (SSSR count). The third kappa shape index (κ3) is 8.54. The molecule has 0 aliphatic heterocycles. The van der Waals surface area contributed by atoms with Crippen molar-refractivity contribution in [3.05, 3.63) is 97.9 Å². The molecule has 0 aromatic heterocycles. The van der Waals surface area contributed by atoms with E-state index in [9.17, 15) is 9.59 Å². The maximum Gasteiger partial charge on any atom is 0.261 e. The Morgan fingerprint density at radius 3 is 2.19 bits per heavy atom. The predicted octanol–water partition coefficient (Wildman–Crippen LogP) is 7.09. The van der Waals surface area contributed by atoms with Crippen LogP contribution >= 0.6 is 46.4 Å². The van der Waals surface area contributed by atoms with E-state index in [2.05, 4.69) is 5.32 Å². The molecule has 0 fully saturated rings. The average Bonchev–Trinajstić information content (AvgIpc) is 2.86. The molecule has 196 valence electrons. The number of rotatable bonds is 11. The minimum absolute atomic E-state index is 0.0155. The first-order valence-corrected chi connectivity index (χ1v) is 13.3. The van der Waals surface area contributed by atoms with Gasteiger partial charge in [0.2, 0.25) is 5.91 Å². The van der Waals surface area contributed by atoms with Gasteiger partial charge in [-0.25, -0.2) is 0 Å². The van der Waals surface area contributed by atoms with Crippen molar-refractivity contribution in [3.8, 4) is 5.75 Å². The first-order valence-electron chi connectivity index (χ1n) is 11.8. The maximum absolute atomic E-state index is 13.7. The van der Waals surface area contributed by atoms with Crippen LogP contribution < -0.4 is 10.1 Å². The van der Waals surface area contributed by atoms with Crippen molar-refractivity contribution in [3.63, 3.8) is 0 Å². The topological polar surface area (TPSA) is 58.6 Å². The van der Waals surface area contributed by atoms with E-state index in [0.29, 0.717) is 39.3 Å². The van der Waals surface area contributed by atoms with Gasteiger partial charge in [-0.1, -0.05) is 96.6 Å². The highest BCUT2D eigenvalue weighted by Crippen LogP contribution is 2.29. The van der Waals surface area contributed by atoms with E-state index in [4.69, 9.17) is 51.1 Å². The molecule has 37 heavy (non-hydrogen) atoms. The summed E-state index contributed by atoms with van der Waals surface area (Å²) in [5.41, 5.74) is 1.44. The third-order valence-corrected chi connectivity index (χ3v) is 6.83. The van der Waals surface area contributed by atoms with E-state index < -0.39 is 11.9 Å². The van der Waals surface area contributed by atoms with E-state index in [1.54, 1.807) is 30.3 Å². The molecule has 9 heteroatoms. The van der Waals surface area contributed by atoms with Gasteiger partial charge in [0.15, 0.2) is 6.61 Å². The molecule has 0 radical (unpaired) electrons. The molecule has 0 spiro atoms. The Bertz CT molecular complexity index is 1200. The smallest absolute Gasteiger partial charge is 0.261 e. The molecule has 5 nitrogen and oxygen atoms in total. The van der Waals surface area contributed by atoms with Crippen molar-refractivity contribution in [2.75, 3.05) is 13.2 Å². The number of halogens is 4. The molecule has 0 aliphatic carbocycles. The number of hydrogen-bond acceptors (Lipinski definition) is 3. The fourth-order valence-electron chi connectivity index (χ4n) is 3.64. The quantitative estimate of drug-likeness (QED) is 0.263.